The Balaban J connectivity index is 2.58. The zero-order valence-corrected chi connectivity index (χ0v) is 12.3. The van der Waals surface area contributed by atoms with Crippen molar-refractivity contribution in [3.8, 4) is 0 Å². The van der Waals surface area contributed by atoms with Crippen molar-refractivity contribution in [2.75, 3.05) is 13.1 Å². The molecule has 1 aliphatic carbocycles. The number of nitrogens with one attached hydrogen (secondary N) is 1. The van der Waals surface area contributed by atoms with Gasteiger partial charge in [-0.15, -0.1) is 6.58 Å². The normalized spacial score (nSPS) is 18.8. The van der Waals surface area contributed by atoms with E-state index in [2.05, 4.69) is 51.4 Å². The van der Waals surface area contributed by atoms with Gasteiger partial charge in [0.15, 0.2) is 0 Å². The molecule has 100 valence electrons. The van der Waals surface area contributed by atoms with Gasteiger partial charge in [-0.3, -0.25) is 4.90 Å². The molecule has 2 nitrogen and oxygen atoms in total. The van der Waals surface area contributed by atoms with Gasteiger partial charge in [0.1, 0.15) is 0 Å². The highest BCUT2D eigenvalue weighted by molar-refractivity contribution is 4.94. The van der Waals surface area contributed by atoms with Crippen molar-refractivity contribution in [2.24, 2.45) is 5.92 Å². The van der Waals surface area contributed by atoms with Crippen LogP contribution < -0.4 is 5.32 Å². The summed E-state index contributed by atoms with van der Waals surface area (Å²) in [6, 6.07) is 1.43. The van der Waals surface area contributed by atoms with E-state index in [-0.39, 0.29) is 5.54 Å². The second-order valence-corrected chi connectivity index (χ2v) is 6.66. The van der Waals surface area contributed by atoms with Gasteiger partial charge in [-0.05, 0) is 39.5 Å². The van der Waals surface area contributed by atoms with E-state index in [1.807, 2.05) is 6.08 Å². The van der Waals surface area contributed by atoms with Crippen LogP contribution in [0.25, 0.3) is 0 Å². The molecule has 2 heteroatoms. The van der Waals surface area contributed by atoms with Crippen LogP contribution in [0.1, 0.15) is 47.5 Å². The average molecular weight is 238 g/mol. The van der Waals surface area contributed by atoms with E-state index in [0.717, 1.165) is 19.1 Å². The maximum Gasteiger partial charge on any atom is 0.0250 e. The topological polar surface area (TPSA) is 15.3 Å². The standard InChI is InChI=1S/C15H30N2/c1-7-10-17(13-8-9-13)14(12(2)3)11-16-15(4,5)6/h7,12-14,16H,1,8-11H2,2-6H3. The summed E-state index contributed by atoms with van der Waals surface area (Å²) < 4.78 is 0. The van der Waals surface area contributed by atoms with Crippen LogP contribution in [0.5, 0.6) is 0 Å². The Hall–Kier alpha value is -0.340. The molecule has 17 heavy (non-hydrogen) atoms. The Morgan fingerprint density at radius 3 is 2.29 bits per heavy atom. The minimum Gasteiger partial charge on any atom is -0.311 e. The quantitative estimate of drug-likeness (QED) is 0.686. The second kappa shape index (κ2) is 6.01. The monoisotopic (exact) mass is 238 g/mol. The minimum absolute atomic E-state index is 0.205. The van der Waals surface area contributed by atoms with Crippen LogP contribution >= 0.6 is 0 Å². The fraction of sp³-hybridized carbons (Fsp3) is 0.867. The van der Waals surface area contributed by atoms with Crippen molar-refractivity contribution in [1.29, 1.82) is 0 Å². The third kappa shape index (κ3) is 5.22. The molecule has 0 aromatic carbocycles. The Labute approximate surface area is 107 Å². The van der Waals surface area contributed by atoms with Crippen LogP contribution in [0.15, 0.2) is 12.7 Å². The summed E-state index contributed by atoms with van der Waals surface area (Å²) in [6.07, 6.45) is 4.78. The SMILES string of the molecule is C=CCN(C1CC1)C(CNC(C)(C)C)C(C)C. The molecule has 1 rings (SSSR count). The molecular formula is C15H30N2. The molecule has 0 heterocycles. The third-order valence-electron chi connectivity index (χ3n) is 3.39. The number of hydrogen-bond acceptors (Lipinski definition) is 2. The summed E-state index contributed by atoms with van der Waals surface area (Å²) in [6.45, 7) is 17.4. The summed E-state index contributed by atoms with van der Waals surface area (Å²) in [5.41, 5.74) is 0.205. The molecule has 1 atom stereocenters. The van der Waals surface area contributed by atoms with Crippen molar-refractivity contribution in [3.05, 3.63) is 12.7 Å². The molecule has 0 aromatic rings. The van der Waals surface area contributed by atoms with Crippen LogP contribution in [-0.2, 0) is 0 Å². The van der Waals surface area contributed by atoms with Gasteiger partial charge in [-0.1, -0.05) is 19.9 Å². The fourth-order valence-electron chi connectivity index (χ4n) is 2.26. The van der Waals surface area contributed by atoms with Crippen LogP contribution in [0, 0.1) is 5.92 Å². The van der Waals surface area contributed by atoms with E-state index in [1.54, 1.807) is 0 Å². The first-order valence-corrected chi connectivity index (χ1v) is 6.97. The second-order valence-electron chi connectivity index (χ2n) is 6.66. The lowest BCUT2D eigenvalue weighted by atomic mass is 10.00. The number of nitrogens with zero attached hydrogens (tertiary/aromatic N) is 1. The van der Waals surface area contributed by atoms with Gasteiger partial charge in [0, 0.05) is 30.7 Å². The summed E-state index contributed by atoms with van der Waals surface area (Å²) in [5, 5.41) is 3.65. The molecule has 0 spiro atoms. The van der Waals surface area contributed by atoms with Crippen molar-refractivity contribution in [1.82, 2.24) is 10.2 Å². The largest absolute Gasteiger partial charge is 0.311 e. The zero-order chi connectivity index (χ0) is 13.1. The van der Waals surface area contributed by atoms with E-state index < -0.39 is 0 Å². The van der Waals surface area contributed by atoms with Gasteiger partial charge in [0.2, 0.25) is 0 Å². The molecule has 0 amide bonds. The smallest absolute Gasteiger partial charge is 0.0250 e. The molecule has 1 fully saturated rings. The van der Waals surface area contributed by atoms with Crippen molar-refractivity contribution >= 4 is 0 Å². The van der Waals surface area contributed by atoms with Gasteiger partial charge < -0.3 is 5.32 Å². The van der Waals surface area contributed by atoms with E-state index in [4.69, 9.17) is 0 Å². The van der Waals surface area contributed by atoms with Crippen molar-refractivity contribution < 1.29 is 0 Å². The summed E-state index contributed by atoms with van der Waals surface area (Å²) >= 11 is 0. The molecule has 1 unspecified atom stereocenters. The Kier molecular flexibility index (Phi) is 5.21. The van der Waals surface area contributed by atoms with E-state index in [9.17, 15) is 0 Å². The third-order valence-corrected chi connectivity index (χ3v) is 3.39. The summed E-state index contributed by atoms with van der Waals surface area (Å²) in [4.78, 5) is 2.64. The molecular weight excluding hydrogens is 208 g/mol. The first-order valence-electron chi connectivity index (χ1n) is 6.97. The van der Waals surface area contributed by atoms with Gasteiger partial charge >= 0.3 is 0 Å². The van der Waals surface area contributed by atoms with Gasteiger partial charge in [0.25, 0.3) is 0 Å². The Bertz CT molecular complexity index is 236. The predicted octanol–water partition coefficient (Wildman–Crippen LogP) is 3.05. The lowest BCUT2D eigenvalue weighted by molar-refractivity contribution is 0.150. The zero-order valence-electron chi connectivity index (χ0n) is 12.3. The highest BCUT2D eigenvalue weighted by Crippen LogP contribution is 2.30. The molecule has 0 radical (unpaired) electrons. The molecule has 0 saturated heterocycles. The molecule has 1 N–H and O–H groups in total. The highest BCUT2D eigenvalue weighted by atomic mass is 15.2. The van der Waals surface area contributed by atoms with E-state index >= 15 is 0 Å². The molecule has 0 aliphatic heterocycles. The molecule has 1 aliphatic rings. The maximum absolute atomic E-state index is 3.90. The predicted molar refractivity (Wildman–Crippen MR) is 76.3 cm³/mol. The maximum atomic E-state index is 3.90. The number of hydrogen-bond donors (Lipinski definition) is 1. The van der Waals surface area contributed by atoms with E-state index in [0.29, 0.717) is 12.0 Å². The lowest BCUT2D eigenvalue weighted by Gasteiger charge is -2.36. The fourth-order valence-corrected chi connectivity index (χ4v) is 2.26. The minimum atomic E-state index is 0.205. The van der Waals surface area contributed by atoms with E-state index in [1.165, 1.54) is 12.8 Å². The summed E-state index contributed by atoms with van der Waals surface area (Å²) in [7, 11) is 0. The van der Waals surface area contributed by atoms with Crippen molar-refractivity contribution in [3.63, 3.8) is 0 Å². The summed E-state index contributed by atoms with van der Waals surface area (Å²) in [5.74, 6) is 0.686. The highest BCUT2D eigenvalue weighted by Gasteiger charge is 2.34. The van der Waals surface area contributed by atoms with Gasteiger partial charge in [-0.25, -0.2) is 0 Å². The molecule has 0 bridgehead atoms. The van der Waals surface area contributed by atoms with Crippen LogP contribution in [0.2, 0.25) is 0 Å². The first kappa shape index (κ1) is 14.7. The Morgan fingerprint density at radius 1 is 1.35 bits per heavy atom. The average Bonchev–Trinajstić information content (AvgIpc) is 2.97. The number of rotatable bonds is 7. The van der Waals surface area contributed by atoms with Crippen LogP contribution in [0.3, 0.4) is 0 Å². The van der Waals surface area contributed by atoms with Crippen LogP contribution in [-0.4, -0.2) is 35.6 Å². The van der Waals surface area contributed by atoms with Gasteiger partial charge in [0.05, 0.1) is 0 Å². The first-order chi connectivity index (χ1) is 7.85. The van der Waals surface area contributed by atoms with Crippen LogP contribution in [0.4, 0.5) is 0 Å². The van der Waals surface area contributed by atoms with Crippen molar-refractivity contribution in [2.45, 2.75) is 65.1 Å². The molecule has 1 saturated carbocycles. The van der Waals surface area contributed by atoms with Gasteiger partial charge in [-0.2, -0.15) is 0 Å². The Morgan fingerprint density at radius 2 is 1.94 bits per heavy atom. The lowest BCUT2D eigenvalue weighted by Crippen LogP contribution is -2.50. The molecule has 0 aromatic heterocycles.